The minimum absolute atomic E-state index is 0.0564. The van der Waals surface area contributed by atoms with E-state index < -0.39 is 21.7 Å². The van der Waals surface area contributed by atoms with Gasteiger partial charge in [0.2, 0.25) is 5.91 Å². The lowest BCUT2D eigenvalue weighted by Gasteiger charge is -2.22. The van der Waals surface area contributed by atoms with E-state index in [1.807, 2.05) is 0 Å². The van der Waals surface area contributed by atoms with Gasteiger partial charge in [-0.3, -0.25) is 9.59 Å². The van der Waals surface area contributed by atoms with Crippen LogP contribution in [0.2, 0.25) is 0 Å². The molecule has 0 spiro atoms. The van der Waals surface area contributed by atoms with Crippen molar-refractivity contribution in [1.82, 2.24) is 5.32 Å². The monoisotopic (exact) mass is 381 g/mol. The molecule has 1 saturated carbocycles. The highest BCUT2D eigenvalue weighted by Crippen LogP contribution is 2.24. The molecule has 0 aliphatic heterocycles. The summed E-state index contributed by atoms with van der Waals surface area (Å²) in [5.41, 5.74) is 0.880. The lowest BCUT2D eigenvalue weighted by atomic mass is 9.94. The van der Waals surface area contributed by atoms with Crippen molar-refractivity contribution < 1.29 is 23.1 Å². The Kier molecular flexibility index (Phi) is 7.20. The van der Waals surface area contributed by atoms with Gasteiger partial charge in [0.05, 0.1) is 16.6 Å². The second-order valence-corrected chi connectivity index (χ2v) is 9.08. The van der Waals surface area contributed by atoms with Crippen molar-refractivity contribution >= 4 is 21.7 Å². The average Bonchev–Trinajstić information content (AvgIpc) is 2.86. The van der Waals surface area contributed by atoms with Crippen LogP contribution in [0.4, 0.5) is 0 Å². The van der Waals surface area contributed by atoms with Gasteiger partial charge in [0.1, 0.15) is 0 Å². The summed E-state index contributed by atoms with van der Waals surface area (Å²) in [5, 5.41) is 12.3. The summed E-state index contributed by atoms with van der Waals surface area (Å²) in [5.74, 6) is -1.46. The summed E-state index contributed by atoms with van der Waals surface area (Å²) in [6.45, 7) is 1.60. The number of hydrogen-bond acceptors (Lipinski definition) is 4. The van der Waals surface area contributed by atoms with Crippen molar-refractivity contribution in [3.63, 3.8) is 0 Å². The number of carboxylic acid groups (broad SMARTS) is 1. The zero-order chi connectivity index (χ0) is 19.2. The summed E-state index contributed by atoms with van der Waals surface area (Å²) in [4.78, 5) is 23.9. The van der Waals surface area contributed by atoms with Crippen LogP contribution in [-0.4, -0.2) is 37.2 Å². The number of nitrogens with one attached hydrogen (secondary N) is 1. The van der Waals surface area contributed by atoms with Crippen molar-refractivity contribution in [2.45, 2.75) is 62.8 Å². The number of amides is 1. The van der Waals surface area contributed by atoms with Gasteiger partial charge in [-0.2, -0.15) is 0 Å². The van der Waals surface area contributed by atoms with Crippen LogP contribution in [0, 0.1) is 5.92 Å². The Morgan fingerprint density at radius 1 is 1.12 bits per heavy atom. The summed E-state index contributed by atoms with van der Waals surface area (Å²) >= 11 is 0. The third kappa shape index (κ3) is 5.56. The topological polar surface area (TPSA) is 101 Å². The summed E-state index contributed by atoms with van der Waals surface area (Å²) in [6.07, 6.45) is 4.87. The van der Waals surface area contributed by atoms with Gasteiger partial charge < -0.3 is 10.4 Å². The Labute approximate surface area is 154 Å². The maximum atomic E-state index is 12.2. The van der Waals surface area contributed by atoms with Crippen molar-refractivity contribution in [3.05, 3.63) is 29.8 Å². The highest BCUT2D eigenvalue weighted by Gasteiger charge is 2.30. The van der Waals surface area contributed by atoms with Crippen molar-refractivity contribution in [2.24, 2.45) is 5.92 Å². The normalized spacial score (nSPS) is 21.0. The van der Waals surface area contributed by atoms with E-state index in [4.69, 9.17) is 0 Å². The standard InChI is InChI=1S/C19H27NO5S/c1-2-26(24,25)15-11-8-14(9-12-15)10-13-18(21)20-17-7-5-3-4-6-16(17)19(22)23/h8-9,11-12,16-17H,2-7,10,13H2,1H3,(H,20,21)(H,22,23)/t16-,17+/m1/s1. The van der Waals surface area contributed by atoms with Gasteiger partial charge in [0, 0.05) is 12.5 Å². The quantitative estimate of drug-likeness (QED) is 0.707. The highest BCUT2D eigenvalue weighted by molar-refractivity contribution is 7.91. The molecule has 2 N–H and O–H groups in total. The Morgan fingerprint density at radius 3 is 2.38 bits per heavy atom. The molecular weight excluding hydrogens is 354 g/mol. The molecule has 1 aromatic carbocycles. The molecule has 2 rings (SSSR count). The lowest BCUT2D eigenvalue weighted by Crippen LogP contribution is -2.42. The molecule has 0 saturated heterocycles. The molecule has 1 aliphatic rings. The SMILES string of the molecule is CCS(=O)(=O)c1ccc(CCC(=O)N[C@H]2CCCCC[C@H]2C(=O)O)cc1. The van der Waals surface area contributed by atoms with E-state index in [0.29, 0.717) is 19.3 Å². The van der Waals surface area contributed by atoms with Crippen molar-refractivity contribution in [2.75, 3.05) is 5.75 Å². The van der Waals surface area contributed by atoms with Gasteiger partial charge >= 0.3 is 5.97 Å². The molecule has 1 amide bonds. The molecule has 26 heavy (non-hydrogen) atoms. The predicted molar refractivity (Wildman–Crippen MR) is 98.6 cm³/mol. The van der Waals surface area contributed by atoms with Crippen molar-refractivity contribution in [3.8, 4) is 0 Å². The Balaban J connectivity index is 1.90. The molecule has 2 atom stereocenters. The van der Waals surface area contributed by atoms with E-state index in [1.165, 1.54) is 0 Å². The van der Waals surface area contributed by atoms with E-state index in [1.54, 1.807) is 31.2 Å². The molecule has 7 heteroatoms. The van der Waals surface area contributed by atoms with Gasteiger partial charge in [-0.1, -0.05) is 38.3 Å². The first-order chi connectivity index (χ1) is 12.3. The first-order valence-corrected chi connectivity index (χ1v) is 10.8. The summed E-state index contributed by atoms with van der Waals surface area (Å²) < 4.78 is 23.6. The van der Waals surface area contributed by atoms with Crippen LogP contribution in [-0.2, 0) is 25.8 Å². The molecule has 1 aliphatic carbocycles. The maximum Gasteiger partial charge on any atom is 0.308 e. The van der Waals surface area contributed by atoms with Crippen LogP contribution in [0.5, 0.6) is 0 Å². The van der Waals surface area contributed by atoms with Gasteiger partial charge in [0.15, 0.2) is 9.84 Å². The highest BCUT2D eigenvalue weighted by atomic mass is 32.2. The number of benzene rings is 1. The molecule has 1 fully saturated rings. The van der Waals surface area contributed by atoms with Crippen LogP contribution < -0.4 is 5.32 Å². The molecular formula is C19H27NO5S. The molecule has 1 aromatic rings. The number of carbonyl (C=O) groups is 2. The molecule has 0 radical (unpaired) electrons. The number of hydrogen-bond donors (Lipinski definition) is 2. The fourth-order valence-electron chi connectivity index (χ4n) is 3.34. The van der Waals surface area contributed by atoms with Crippen LogP contribution >= 0.6 is 0 Å². The molecule has 144 valence electrons. The first-order valence-electron chi connectivity index (χ1n) is 9.17. The van der Waals surface area contributed by atoms with Crippen LogP contribution in [0.25, 0.3) is 0 Å². The molecule has 0 unspecified atom stereocenters. The minimum Gasteiger partial charge on any atom is -0.481 e. The zero-order valence-electron chi connectivity index (χ0n) is 15.1. The number of aryl methyl sites for hydroxylation is 1. The second-order valence-electron chi connectivity index (χ2n) is 6.80. The third-order valence-corrected chi connectivity index (χ3v) is 6.73. The van der Waals surface area contributed by atoms with E-state index in [-0.39, 0.29) is 29.0 Å². The zero-order valence-corrected chi connectivity index (χ0v) is 15.9. The van der Waals surface area contributed by atoms with Gasteiger partial charge in [-0.15, -0.1) is 0 Å². The van der Waals surface area contributed by atoms with E-state index in [9.17, 15) is 23.1 Å². The summed E-state index contributed by atoms with van der Waals surface area (Å²) in [7, 11) is -3.22. The number of sulfone groups is 1. The van der Waals surface area contributed by atoms with E-state index in [0.717, 1.165) is 24.8 Å². The van der Waals surface area contributed by atoms with Gasteiger partial charge in [-0.05, 0) is 37.0 Å². The minimum atomic E-state index is -3.22. The Morgan fingerprint density at radius 2 is 1.77 bits per heavy atom. The number of carbonyl (C=O) groups excluding carboxylic acids is 1. The smallest absolute Gasteiger partial charge is 0.308 e. The predicted octanol–water partition coefficient (Wildman–Crippen LogP) is 2.56. The Hall–Kier alpha value is -1.89. The van der Waals surface area contributed by atoms with E-state index in [2.05, 4.69) is 5.32 Å². The summed E-state index contributed by atoms with van der Waals surface area (Å²) in [6, 6.07) is 6.28. The number of carboxylic acids is 1. The molecule has 0 heterocycles. The first kappa shape index (κ1) is 20.4. The average molecular weight is 381 g/mol. The largest absolute Gasteiger partial charge is 0.481 e. The Bertz CT molecular complexity index is 727. The van der Waals surface area contributed by atoms with Crippen molar-refractivity contribution in [1.29, 1.82) is 0 Å². The second kappa shape index (κ2) is 9.16. The molecule has 6 nitrogen and oxygen atoms in total. The van der Waals surface area contributed by atoms with Crippen LogP contribution in [0.3, 0.4) is 0 Å². The van der Waals surface area contributed by atoms with Gasteiger partial charge in [0.25, 0.3) is 0 Å². The van der Waals surface area contributed by atoms with E-state index >= 15 is 0 Å². The van der Waals surface area contributed by atoms with Crippen LogP contribution in [0.1, 0.15) is 51.0 Å². The lowest BCUT2D eigenvalue weighted by molar-refractivity contribution is -0.143. The fraction of sp³-hybridized carbons (Fsp3) is 0.579. The number of aliphatic carboxylic acids is 1. The van der Waals surface area contributed by atoms with Gasteiger partial charge in [-0.25, -0.2) is 8.42 Å². The number of rotatable bonds is 7. The molecule has 0 aromatic heterocycles. The molecule has 0 bridgehead atoms. The van der Waals surface area contributed by atoms with Crippen LogP contribution in [0.15, 0.2) is 29.2 Å². The third-order valence-electron chi connectivity index (χ3n) is 4.98. The maximum absolute atomic E-state index is 12.2. The fourth-order valence-corrected chi connectivity index (χ4v) is 4.23.